The van der Waals surface area contributed by atoms with Crippen molar-refractivity contribution < 1.29 is 9.53 Å². The molecule has 1 aliphatic rings. The molecule has 152 valence electrons. The van der Waals surface area contributed by atoms with Crippen molar-refractivity contribution in [3.8, 4) is 0 Å². The van der Waals surface area contributed by atoms with E-state index >= 15 is 0 Å². The molecule has 1 saturated heterocycles. The van der Waals surface area contributed by atoms with Crippen LogP contribution in [0.3, 0.4) is 0 Å². The van der Waals surface area contributed by atoms with E-state index in [0.29, 0.717) is 10.7 Å². The Balaban J connectivity index is 2.34. The molecule has 4 heteroatoms. The summed E-state index contributed by atoms with van der Waals surface area (Å²) in [6.45, 7) is 9.79. The third-order valence-corrected chi connectivity index (χ3v) is 23.9. The molecule has 3 nitrogen and oxygen atoms in total. The minimum absolute atomic E-state index is 0.0816. The zero-order chi connectivity index (χ0) is 19.7. The van der Waals surface area contributed by atoms with Crippen LogP contribution in [0.25, 0.3) is 0 Å². The van der Waals surface area contributed by atoms with Crippen LogP contribution in [0.4, 0.5) is 4.79 Å². The standard InChI is InChI=1S/C11H12NO2.3C4H9.Sn/c1-2-12-10(8-14-11(12)13)9-6-4-3-5-7-9;3*1-3-4-2;/h2-7,10H,8H2,1H3;3*1,3-4H2,2H3;/t10-;;;;/m0..../s1. The van der Waals surface area contributed by atoms with Gasteiger partial charge >= 0.3 is 171 Å². The second-order valence-corrected chi connectivity index (χ2v) is 22.7. The Kier molecular flexibility index (Phi) is 9.47. The maximum atomic E-state index is 12.8. The van der Waals surface area contributed by atoms with Gasteiger partial charge < -0.3 is 0 Å². The van der Waals surface area contributed by atoms with E-state index in [4.69, 9.17) is 4.74 Å². The van der Waals surface area contributed by atoms with Crippen molar-refractivity contribution in [2.75, 3.05) is 6.61 Å². The first kappa shape index (κ1) is 22.6. The number of carbonyl (C=O) groups is 1. The fraction of sp³-hybridized carbons (Fsp3) is 0.696. The molecule has 0 unspecified atom stereocenters. The van der Waals surface area contributed by atoms with Gasteiger partial charge in [0.25, 0.3) is 0 Å². The van der Waals surface area contributed by atoms with Crippen molar-refractivity contribution in [2.45, 2.75) is 89.6 Å². The summed E-state index contributed by atoms with van der Waals surface area (Å²) in [6, 6.07) is 10.6. The van der Waals surface area contributed by atoms with Crippen LogP contribution >= 0.6 is 0 Å². The van der Waals surface area contributed by atoms with Crippen molar-refractivity contribution in [3.63, 3.8) is 0 Å². The number of unbranched alkanes of at least 4 members (excludes halogenated alkanes) is 3. The minimum atomic E-state index is -2.55. The molecule has 1 aliphatic heterocycles. The Morgan fingerprint density at radius 2 is 1.52 bits per heavy atom. The molecule has 0 spiro atoms. The Morgan fingerprint density at radius 1 is 1.00 bits per heavy atom. The molecule has 2 atom stereocenters. The summed E-state index contributed by atoms with van der Waals surface area (Å²) >= 11 is -2.55. The zero-order valence-electron chi connectivity index (χ0n) is 17.9. The summed E-state index contributed by atoms with van der Waals surface area (Å²) in [7, 11) is 0. The van der Waals surface area contributed by atoms with Crippen LogP contribution in [0, 0.1) is 0 Å². The van der Waals surface area contributed by atoms with E-state index in [1.807, 2.05) is 6.07 Å². The van der Waals surface area contributed by atoms with Gasteiger partial charge in [0.2, 0.25) is 0 Å². The van der Waals surface area contributed by atoms with E-state index in [1.54, 1.807) is 0 Å². The van der Waals surface area contributed by atoms with Crippen LogP contribution in [0.2, 0.25) is 13.3 Å². The van der Waals surface area contributed by atoms with Crippen molar-refractivity contribution in [2.24, 2.45) is 0 Å². The first-order chi connectivity index (χ1) is 13.1. The summed E-state index contributed by atoms with van der Waals surface area (Å²) in [5.41, 5.74) is 1.22. The van der Waals surface area contributed by atoms with E-state index < -0.39 is 18.4 Å². The number of rotatable bonds is 12. The molecule has 1 aromatic rings. The molecule has 27 heavy (non-hydrogen) atoms. The first-order valence-corrected chi connectivity index (χ1v) is 18.8. The predicted octanol–water partition coefficient (Wildman–Crippen LogP) is 6.96. The third kappa shape index (κ3) is 5.65. The predicted molar refractivity (Wildman–Crippen MR) is 117 cm³/mol. The van der Waals surface area contributed by atoms with Gasteiger partial charge in [0.1, 0.15) is 0 Å². The van der Waals surface area contributed by atoms with E-state index in [1.165, 1.54) is 57.4 Å². The molecular weight excluding hydrogens is 441 g/mol. The van der Waals surface area contributed by atoms with Crippen molar-refractivity contribution >= 4 is 24.5 Å². The fourth-order valence-corrected chi connectivity index (χ4v) is 21.9. The Hall–Kier alpha value is -0.711. The second kappa shape index (κ2) is 11.3. The summed E-state index contributed by atoms with van der Waals surface area (Å²) in [5.74, 6) is 0. The molecule has 0 N–H and O–H groups in total. The maximum absolute atomic E-state index is 12.8. The topological polar surface area (TPSA) is 29.5 Å². The molecule has 2 rings (SSSR count). The second-order valence-electron chi connectivity index (χ2n) is 8.26. The van der Waals surface area contributed by atoms with Gasteiger partial charge in [0.05, 0.1) is 0 Å². The number of benzene rings is 1. The average molecular weight is 480 g/mol. The van der Waals surface area contributed by atoms with Crippen molar-refractivity contribution in [3.05, 3.63) is 35.9 Å². The van der Waals surface area contributed by atoms with Gasteiger partial charge in [0, 0.05) is 0 Å². The average Bonchev–Trinajstić information content (AvgIpc) is 3.09. The number of nitrogens with zero attached hydrogens (tertiary/aromatic N) is 1. The van der Waals surface area contributed by atoms with Crippen LogP contribution in [0.15, 0.2) is 30.3 Å². The van der Waals surface area contributed by atoms with E-state index in [9.17, 15) is 4.79 Å². The molecule has 1 fully saturated rings. The third-order valence-electron chi connectivity index (χ3n) is 6.48. The number of cyclic esters (lactones) is 1. The first-order valence-electron chi connectivity index (χ1n) is 11.1. The Labute approximate surface area is 170 Å². The SMILES string of the molecule is CCC[CH2][Sn]([CH2]CCC)([CH2]CCC)[C@@H](C)N1C(=O)OC[C@H]1c1ccccc1. The van der Waals surface area contributed by atoms with Crippen LogP contribution in [0.5, 0.6) is 0 Å². The number of hydrogen-bond donors (Lipinski definition) is 0. The molecule has 1 amide bonds. The zero-order valence-corrected chi connectivity index (χ0v) is 20.7. The normalized spacial score (nSPS) is 18.6. The number of carbonyl (C=O) groups excluding carboxylic acids is 1. The van der Waals surface area contributed by atoms with Crippen LogP contribution in [0.1, 0.15) is 77.8 Å². The molecule has 1 heterocycles. The quantitative estimate of drug-likeness (QED) is 0.303. The van der Waals surface area contributed by atoms with Crippen LogP contribution < -0.4 is 0 Å². The van der Waals surface area contributed by atoms with Crippen molar-refractivity contribution in [1.82, 2.24) is 4.90 Å². The molecule has 0 aliphatic carbocycles. The van der Waals surface area contributed by atoms with Gasteiger partial charge in [-0.1, -0.05) is 0 Å². The summed E-state index contributed by atoms with van der Waals surface area (Å²) in [4.78, 5) is 15.0. The van der Waals surface area contributed by atoms with Gasteiger partial charge in [-0.3, -0.25) is 0 Å². The number of hydrogen-bond acceptors (Lipinski definition) is 2. The van der Waals surface area contributed by atoms with Crippen LogP contribution in [-0.4, -0.2) is 40.0 Å². The van der Waals surface area contributed by atoms with E-state index in [-0.39, 0.29) is 12.1 Å². The van der Waals surface area contributed by atoms with Gasteiger partial charge in [0.15, 0.2) is 0 Å². The van der Waals surface area contributed by atoms with Crippen LogP contribution in [-0.2, 0) is 4.74 Å². The summed E-state index contributed by atoms with van der Waals surface area (Å²) < 4.78 is 10.2. The monoisotopic (exact) mass is 481 g/mol. The van der Waals surface area contributed by atoms with Gasteiger partial charge in [-0.15, -0.1) is 0 Å². The Morgan fingerprint density at radius 3 is 2.00 bits per heavy atom. The summed E-state index contributed by atoms with van der Waals surface area (Å²) in [5, 5.41) is 0. The number of amides is 1. The number of ether oxygens (including phenoxy) is 1. The van der Waals surface area contributed by atoms with Gasteiger partial charge in [-0.25, -0.2) is 0 Å². The van der Waals surface area contributed by atoms with E-state index in [0.717, 1.165) is 0 Å². The van der Waals surface area contributed by atoms with Gasteiger partial charge in [-0.2, -0.15) is 0 Å². The molecule has 0 bridgehead atoms. The molecular formula is C23H39NO2Sn. The Bertz CT molecular complexity index is 541. The summed E-state index contributed by atoms with van der Waals surface area (Å²) in [6.07, 6.45) is 7.68. The fourth-order valence-electron chi connectivity index (χ4n) is 4.68. The van der Waals surface area contributed by atoms with Crippen molar-refractivity contribution in [1.29, 1.82) is 0 Å². The molecule has 0 aromatic heterocycles. The molecule has 1 aromatic carbocycles. The molecule has 0 saturated carbocycles. The molecule has 0 radical (unpaired) electrons. The van der Waals surface area contributed by atoms with Gasteiger partial charge in [-0.05, 0) is 0 Å². The van der Waals surface area contributed by atoms with E-state index in [2.05, 4.69) is 56.9 Å².